The largest absolute Gasteiger partial charge is 0.222 e. The smallest absolute Gasteiger partial charge is 0.218 e. The van der Waals surface area contributed by atoms with E-state index in [2.05, 4.69) is 11.3 Å². The molecule has 0 heterocycles. The van der Waals surface area contributed by atoms with E-state index in [4.69, 9.17) is 0 Å². The fourth-order valence-corrected chi connectivity index (χ4v) is 2.23. The highest BCUT2D eigenvalue weighted by atomic mass is 32.2. The van der Waals surface area contributed by atoms with Gasteiger partial charge in [0.25, 0.3) is 0 Å². The maximum absolute atomic E-state index is 11.5. The quantitative estimate of drug-likeness (QED) is 0.766. The van der Waals surface area contributed by atoms with Crippen LogP contribution in [-0.4, -0.2) is 15.5 Å². The van der Waals surface area contributed by atoms with Gasteiger partial charge in [-0.25, -0.2) is 13.1 Å². The predicted octanol–water partition coefficient (Wildman–Crippen LogP) is 1.46. The number of rotatable bonds is 4. The Labute approximate surface area is 84.5 Å². The SMILES string of the molecule is C=CC(c1ccccc1)S(=O)(=O)NC. The van der Waals surface area contributed by atoms with Crippen molar-refractivity contribution in [3.8, 4) is 0 Å². The third kappa shape index (κ3) is 2.21. The highest BCUT2D eigenvalue weighted by Gasteiger charge is 2.21. The van der Waals surface area contributed by atoms with Gasteiger partial charge >= 0.3 is 0 Å². The minimum atomic E-state index is -3.33. The van der Waals surface area contributed by atoms with Crippen molar-refractivity contribution in [2.24, 2.45) is 0 Å². The van der Waals surface area contributed by atoms with Crippen molar-refractivity contribution in [2.75, 3.05) is 7.05 Å². The van der Waals surface area contributed by atoms with Crippen molar-refractivity contribution < 1.29 is 8.42 Å². The molecule has 4 heteroatoms. The molecule has 14 heavy (non-hydrogen) atoms. The topological polar surface area (TPSA) is 46.2 Å². The highest BCUT2D eigenvalue weighted by Crippen LogP contribution is 2.21. The Balaban J connectivity index is 3.12. The van der Waals surface area contributed by atoms with Crippen LogP contribution in [0.5, 0.6) is 0 Å². The Morgan fingerprint density at radius 1 is 1.36 bits per heavy atom. The molecule has 1 aromatic carbocycles. The summed E-state index contributed by atoms with van der Waals surface area (Å²) in [5, 5.41) is -0.686. The summed E-state index contributed by atoms with van der Waals surface area (Å²) < 4.78 is 25.4. The summed E-state index contributed by atoms with van der Waals surface area (Å²) in [5.74, 6) is 0. The first kappa shape index (κ1) is 10.9. The standard InChI is InChI=1S/C10H13NO2S/c1-3-10(14(12,13)11-2)9-7-5-4-6-8-9/h3-8,10-11H,1H2,2H3. The van der Waals surface area contributed by atoms with Gasteiger partial charge in [0.1, 0.15) is 5.25 Å². The van der Waals surface area contributed by atoms with Crippen LogP contribution in [0.4, 0.5) is 0 Å². The molecule has 0 saturated carbocycles. The lowest BCUT2D eigenvalue weighted by atomic mass is 10.1. The Bertz CT molecular complexity index is 397. The molecule has 0 spiro atoms. The average Bonchev–Trinajstić information content (AvgIpc) is 2.20. The van der Waals surface area contributed by atoms with Crippen LogP contribution in [0, 0.1) is 0 Å². The molecule has 76 valence electrons. The molecule has 1 aromatic rings. The maximum atomic E-state index is 11.5. The van der Waals surface area contributed by atoms with E-state index in [0.29, 0.717) is 0 Å². The summed E-state index contributed by atoms with van der Waals surface area (Å²) in [6.45, 7) is 3.53. The first-order valence-electron chi connectivity index (χ1n) is 4.21. The Hall–Kier alpha value is -1.13. The van der Waals surface area contributed by atoms with Gasteiger partial charge in [-0.2, -0.15) is 0 Å². The second kappa shape index (κ2) is 4.39. The van der Waals surface area contributed by atoms with Gasteiger partial charge in [-0.05, 0) is 12.6 Å². The average molecular weight is 211 g/mol. The van der Waals surface area contributed by atoms with Crippen LogP contribution < -0.4 is 4.72 Å². The molecule has 0 aliphatic rings. The van der Waals surface area contributed by atoms with Gasteiger partial charge < -0.3 is 0 Å². The molecule has 1 rings (SSSR count). The molecular weight excluding hydrogens is 198 g/mol. The molecule has 0 aliphatic carbocycles. The summed E-state index contributed by atoms with van der Waals surface area (Å²) in [7, 11) is -1.93. The van der Waals surface area contributed by atoms with Crippen molar-refractivity contribution in [1.82, 2.24) is 4.72 Å². The monoisotopic (exact) mass is 211 g/mol. The third-order valence-electron chi connectivity index (χ3n) is 1.96. The molecule has 1 unspecified atom stereocenters. The van der Waals surface area contributed by atoms with E-state index in [-0.39, 0.29) is 0 Å². The fourth-order valence-electron chi connectivity index (χ4n) is 1.21. The van der Waals surface area contributed by atoms with Crippen molar-refractivity contribution in [3.63, 3.8) is 0 Å². The van der Waals surface area contributed by atoms with Gasteiger partial charge in [-0.15, -0.1) is 6.58 Å². The van der Waals surface area contributed by atoms with Crippen LogP contribution in [0.15, 0.2) is 43.0 Å². The minimum absolute atomic E-state index is 0.686. The molecule has 0 radical (unpaired) electrons. The van der Waals surface area contributed by atoms with E-state index in [1.807, 2.05) is 6.07 Å². The van der Waals surface area contributed by atoms with E-state index in [0.717, 1.165) is 5.56 Å². The minimum Gasteiger partial charge on any atom is -0.218 e. The van der Waals surface area contributed by atoms with Crippen LogP contribution in [0.2, 0.25) is 0 Å². The second-order valence-corrected chi connectivity index (χ2v) is 4.82. The molecule has 0 fully saturated rings. The van der Waals surface area contributed by atoms with Crippen LogP contribution in [0.1, 0.15) is 10.8 Å². The fraction of sp³-hybridized carbons (Fsp3) is 0.200. The van der Waals surface area contributed by atoms with Gasteiger partial charge in [-0.1, -0.05) is 36.4 Å². The lowest BCUT2D eigenvalue weighted by Crippen LogP contribution is -2.24. The zero-order chi connectivity index (χ0) is 10.6. The number of hydrogen-bond acceptors (Lipinski definition) is 2. The predicted molar refractivity (Wildman–Crippen MR) is 57.4 cm³/mol. The van der Waals surface area contributed by atoms with Crippen molar-refractivity contribution in [3.05, 3.63) is 48.6 Å². The Kier molecular flexibility index (Phi) is 3.43. The molecule has 3 nitrogen and oxygen atoms in total. The van der Waals surface area contributed by atoms with Crippen molar-refractivity contribution in [1.29, 1.82) is 0 Å². The molecular formula is C10H13NO2S. The maximum Gasteiger partial charge on any atom is 0.222 e. The Morgan fingerprint density at radius 2 is 1.93 bits per heavy atom. The number of hydrogen-bond donors (Lipinski definition) is 1. The van der Waals surface area contributed by atoms with E-state index in [1.54, 1.807) is 24.3 Å². The van der Waals surface area contributed by atoms with Crippen LogP contribution >= 0.6 is 0 Å². The second-order valence-electron chi connectivity index (χ2n) is 2.82. The molecule has 0 bridgehead atoms. The van der Waals surface area contributed by atoms with Gasteiger partial charge in [0.2, 0.25) is 10.0 Å². The first-order chi connectivity index (χ1) is 6.61. The zero-order valence-corrected chi connectivity index (χ0v) is 8.79. The van der Waals surface area contributed by atoms with Crippen molar-refractivity contribution >= 4 is 10.0 Å². The van der Waals surface area contributed by atoms with Crippen LogP contribution in [0.25, 0.3) is 0 Å². The highest BCUT2D eigenvalue weighted by molar-refractivity contribution is 7.89. The van der Waals surface area contributed by atoms with E-state index >= 15 is 0 Å². The lowest BCUT2D eigenvalue weighted by molar-refractivity contribution is 0.582. The molecule has 1 N–H and O–H groups in total. The van der Waals surface area contributed by atoms with Crippen molar-refractivity contribution in [2.45, 2.75) is 5.25 Å². The first-order valence-corrected chi connectivity index (χ1v) is 5.76. The van der Waals surface area contributed by atoms with E-state index in [1.165, 1.54) is 13.1 Å². The molecule has 0 aliphatic heterocycles. The normalized spacial score (nSPS) is 13.5. The molecule has 0 amide bonds. The van der Waals surface area contributed by atoms with Crippen LogP contribution in [0.3, 0.4) is 0 Å². The third-order valence-corrected chi connectivity index (χ3v) is 3.66. The van der Waals surface area contributed by atoms with E-state index in [9.17, 15) is 8.42 Å². The summed E-state index contributed by atoms with van der Waals surface area (Å²) >= 11 is 0. The number of sulfonamides is 1. The van der Waals surface area contributed by atoms with Gasteiger partial charge in [0.15, 0.2) is 0 Å². The van der Waals surface area contributed by atoms with Crippen LogP contribution in [-0.2, 0) is 10.0 Å². The summed E-state index contributed by atoms with van der Waals surface area (Å²) in [5.41, 5.74) is 0.719. The summed E-state index contributed by atoms with van der Waals surface area (Å²) in [6, 6.07) is 8.98. The van der Waals surface area contributed by atoms with Gasteiger partial charge in [0, 0.05) is 0 Å². The zero-order valence-electron chi connectivity index (χ0n) is 7.97. The molecule has 0 aromatic heterocycles. The molecule has 0 saturated heterocycles. The van der Waals surface area contributed by atoms with Gasteiger partial charge in [0.05, 0.1) is 0 Å². The Morgan fingerprint density at radius 3 is 2.36 bits per heavy atom. The van der Waals surface area contributed by atoms with Gasteiger partial charge in [-0.3, -0.25) is 0 Å². The molecule has 1 atom stereocenters. The lowest BCUT2D eigenvalue weighted by Gasteiger charge is -2.12. The summed E-state index contributed by atoms with van der Waals surface area (Å²) in [4.78, 5) is 0. The van der Waals surface area contributed by atoms with E-state index < -0.39 is 15.3 Å². The number of benzene rings is 1. The number of nitrogens with one attached hydrogen (secondary N) is 1. The summed E-state index contributed by atoms with van der Waals surface area (Å²) in [6.07, 6.45) is 1.42.